The molecule has 2 N–H and O–H groups in total. The van der Waals surface area contributed by atoms with Gasteiger partial charge in [-0.25, -0.2) is 0 Å². The molecule has 2 aliphatic heterocycles. The summed E-state index contributed by atoms with van der Waals surface area (Å²) in [6.45, 7) is 1.89. The summed E-state index contributed by atoms with van der Waals surface area (Å²) in [6, 6.07) is 3.98. The number of nitrogens with one attached hydrogen (secondary N) is 1. The predicted octanol–water partition coefficient (Wildman–Crippen LogP) is 2.14. The number of unbranched alkanes of at least 4 members (excludes halogenated alkanes) is 1. The molecule has 0 spiro atoms. The number of nitrogens with zero attached hydrogens (tertiary/aromatic N) is 1. The second kappa shape index (κ2) is 8.38. The van der Waals surface area contributed by atoms with Crippen LogP contribution < -0.4 is 5.32 Å². The number of hydrogen-bond donors (Lipinski definition) is 2. The number of piperidine rings is 1. The van der Waals surface area contributed by atoms with E-state index in [0.29, 0.717) is 24.8 Å². The van der Waals surface area contributed by atoms with E-state index < -0.39 is 35.6 Å². The summed E-state index contributed by atoms with van der Waals surface area (Å²) in [7, 11) is 0. The molecule has 8 heteroatoms. The van der Waals surface area contributed by atoms with Gasteiger partial charge in [-0.05, 0) is 44.2 Å². The Labute approximate surface area is 167 Å². The van der Waals surface area contributed by atoms with Crippen LogP contribution in [-0.4, -0.2) is 45.6 Å². The van der Waals surface area contributed by atoms with Crippen molar-refractivity contribution in [2.75, 3.05) is 0 Å². The van der Waals surface area contributed by atoms with E-state index in [0.717, 1.165) is 10.5 Å². The van der Waals surface area contributed by atoms with Crippen LogP contribution in [0.5, 0.6) is 0 Å². The second-order valence-corrected chi connectivity index (χ2v) is 7.31. The highest BCUT2D eigenvalue weighted by atomic mass is 16.4. The summed E-state index contributed by atoms with van der Waals surface area (Å²) in [5.41, 5.74) is 2.05. The highest BCUT2D eigenvalue weighted by Crippen LogP contribution is 2.31. The molecular weight excluding hydrogens is 376 g/mol. The molecule has 1 aromatic rings. The molecule has 1 fully saturated rings. The summed E-state index contributed by atoms with van der Waals surface area (Å²) in [6.07, 6.45) is 4.07. The Kier molecular flexibility index (Phi) is 5.91. The lowest BCUT2D eigenvalue weighted by Crippen LogP contribution is -2.54. The van der Waals surface area contributed by atoms with E-state index in [1.54, 1.807) is 18.2 Å². The highest BCUT2D eigenvalue weighted by Gasteiger charge is 2.45. The van der Waals surface area contributed by atoms with E-state index >= 15 is 0 Å². The zero-order chi connectivity index (χ0) is 21.1. The minimum absolute atomic E-state index is 0.0754. The molecule has 0 aliphatic carbocycles. The fraction of sp³-hybridized carbons (Fsp3) is 0.381. The first-order valence-corrected chi connectivity index (χ1v) is 9.53. The third-order valence-corrected chi connectivity index (χ3v) is 5.11. The monoisotopic (exact) mass is 398 g/mol. The average molecular weight is 398 g/mol. The fourth-order valence-corrected chi connectivity index (χ4v) is 3.68. The van der Waals surface area contributed by atoms with Crippen LogP contribution in [0.3, 0.4) is 0 Å². The van der Waals surface area contributed by atoms with E-state index in [1.807, 2.05) is 13.0 Å². The van der Waals surface area contributed by atoms with E-state index in [4.69, 9.17) is 5.11 Å². The molecule has 0 radical (unpaired) electrons. The summed E-state index contributed by atoms with van der Waals surface area (Å²) in [4.78, 5) is 60.9. The van der Waals surface area contributed by atoms with Gasteiger partial charge in [0.15, 0.2) is 0 Å². The Bertz CT molecular complexity index is 933. The molecule has 1 saturated heterocycles. The lowest BCUT2D eigenvalue weighted by atomic mass is 9.99. The van der Waals surface area contributed by atoms with Crippen molar-refractivity contribution in [3.05, 3.63) is 40.5 Å². The van der Waals surface area contributed by atoms with E-state index in [9.17, 15) is 24.0 Å². The Hall–Kier alpha value is -3.29. The first kappa shape index (κ1) is 20.4. The van der Waals surface area contributed by atoms with Crippen LogP contribution in [0.1, 0.15) is 71.7 Å². The molecule has 0 saturated carbocycles. The first-order chi connectivity index (χ1) is 13.8. The average Bonchev–Trinajstić information content (AvgIpc) is 2.91. The number of allylic oxidation sites excluding steroid dienone is 1. The molecule has 1 unspecified atom stereocenters. The normalized spacial score (nSPS) is 19.4. The molecule has 1 atom stereocenters. The molecule has 2 aliphatic rings. The molecule has 3 rings (SSSR count). The van der Waals surface area contributed by atoms with Crippen LogP contribution in [0.2, 0.25) is 0 Å². The number of hydrogen-bond acceptors (Lipinski definition) is 5. The quantitative estimate of drug-likeness (QED) is 0.536. The Balaban J connectivity index is 1.81. The Morgan fingerprint density at radius 1 is 1.17 bits per heavy atom. The fourth-order valence-electron chi connectivity index (χ4n) is 3.68. The number of imide groups is 2. The van der Waals surface area contributed by atoms with Gasteiger partial charge in [-0.3, -0.25) is 34.2 Å². The van der Waals surface area contributed by atoms with Crippen molar-refractivity contribution in [3.63, 3.8) is 0 Å². The molecule has 0 bridgehead atoms. The van der Waals surface area contributed by atoms with Crippen molar-refractivity contribution in [2.45, 2.75) is 51.5 Å². The molecule has 29 heavy (non-hydrogen) atoms. The SMILES string of the molecule is C/C(=C\c1cccc2c1C(=O)N(C1CCC(=O)NC1=O)C2=O)CCCCC(=O)O. The number of carbonyl (C=O) groups is 5. The molecule has 8 nitrogen and oxygen atoms in total. The standard InChI is InChI=1S/C21H22N2O6/c1-12(5-2-3-8-17(25)26)11-13-6-4-7-14-18(13)21(29)23(20(14)28)15-9-10-16(24)22-19(15)27/h4,6-7,11,15H,2-3,5,8-10H2,1H3,(H,25,26)(H,22,24,27)/b12-11+. The summed E-state index contributed by atoms with van der Waals surface area (Å²) in [5, 5.41) is 10.9. The van der Waals surface area contributed by atoms with Gasteiger partial charge in [0.1, 0.15) is 6.04 Å². The smallest absolute Gasteiger partial charge is 0.303 e. The molecule has 2 heterocycles. The van der Waals surface area contributed by atoms with E-state index in [2.05, 4.69) is 5.32 Å². The van der Waals surface area contributed by atoms with Crippen molar-refractivity contribution in [1.29, 1.82) is 0 Å². The first-order valence-electron chi connectivity index (χ1n) is 9.53. The number of carboxylic acids is 1. The highest BCUT2D eigenvalue weighted by molar-refractivity contribution is 6.24. The largest absolute Gasteiger partial charge is 0.481 e. The summed E-state index contributed by atoms with van der Waals surface area (Å²) < 4.78 is 0. The number of carboxylic acid groups (broad SMARTS) is 1. The van der Waals surface area contributed by atoms with Crippen molar-refractivity contribution in [1.82, 2.24) is 10.2 Å². The second-order valence-electron chi connectivity index (χ2n) is 7.31. The van der Waals surface area contributed by atoms with Gasteiger partial charge in [-0.2, -0.15) is 0 Å². The molecular formula is C21H22N2O6. The van der Waals surface area contributed by atoms with Crippen molar-refractivity contribution >= 4 is 35.7 Å². The number of fused-ring (bicyclic) bond motifs is 1. The van der Waals surface area contributed by atoms with Crippen molar-refractivity contribution < 1.29 is 29.1 Å². The van der Waals surface area contributed by atoms with Gasteiger partial charge in [0, 0.05) is 12.8 Å². The van der Waals surface area contributed by atoms with Crippen LogP contribution in [0.25, 0.3) is 6.08 Å². The minimum Gasteiger partial charge on any atom is -0.481 e. The van der Waals surface area contributed by atoms with Crippen LogP contribution in [0, 0.1) is 0 Å². The van der Waals surface area contributed by atoms with Gasteiger partial charge in [0.05, 0.1) is 11.1 Å². The van der Waals surface area contributed by atoms with E-state index in [-0.39, 0.29) is 30.4 Å². The number of amides is 4. The Morgan fingerprint density at radius 3 is 2.59 bits per heavy atom. The van der Waals surface area contributed by atoms with Crippen LogP contribution in [0.4, 0.5) is 0 Å². The third kappa shape index (κ3) is 4.26. The number of aliphatic carboxylic acids is 1. The Morgan fingerprint density at radius 2 is 1.90 bits per heavy atom. The van der Waals surface area contributed by atoms with Gasteiger partial charge < -0.3 is 5.11 Å². The summed E-state index contributed by atoms with van der Waals surface area (Å²) >= 11 is 0. The lowest BCUT2D eigenvalue weighted by molar-refractivity contribution is -0.138. The van der Waals surface area contributed by atoms with Crippen LogP contribution in [-0.2, 0) is 14.4 Å². The van der Waals surface area contributed by atoms with Crippen LogP contribution in [0.15, 0.2) is 23.8 Å². The zero-order valence-electron chi connectivity index (χ0n) is 16.1. The summed E-state index contributed by atoms with van der Waals surface area (Å²) in [5.74, 6) is -2.95. The maximum Gasteiger partial charge on any atom is 0.303 e. The van der Waals surface area contributed by atoms with E-state index in [1.165, 1.54) is 0 Å². The van der Waals surface area contributed by atoms with Gasteiger partial charge in [-0.15, -0.1) is 0 Å². The van der Waals surface area contributed by atoms with Gasteiger partial charge in [0.2, 0.25) is 11.8 Å². The van der Waals surface area contributed by atoms with Gasteiger partial charge in [-0.1, -0.05) is 23.8 Å². The predicted molar refractivity (Wildman–Crippen MR) is 103 cm³/mol. The third-order valence-electron chi connectivity index (χ3n) is 5.11. The minimum atomic E-state index is -0.992. The molecule has 0 aromatic heterocycles. The van der Waals surface area contributed by atoms with Gasteiger partial charge in [0.25, 0.3) is 11.8 Å². The number of rotatable bonds is 7. The molecule has 152 valence electrons. The van der Waals surface area contributed by atoms with Crippen LogP contribution >= 0.6 is 0 Å². The maximum atomic E-state index is 13.0. The number of carbonyl (C=O) groups excluding carboxylic acids is 4. The molecule has 1 aromatic carbocycles. The lowest BCUT2D eigenvalue weighted by Gasteiger charge is -2.27. The van der Waals surface area contributed by atoms with Crippen molar-refractivity contribution in [2.24, 2.45) is 0 Å². The topological polar surface area (TPSA) is 121 Å². The zero-order valence-corrected chi connectivity index (χ0v) is 16.1. The maximum absolute atomic E-state index is 13.0. The van der Waals surface area contributed by atoms with Crippen molar-refractivity contribution in [3.8, 4) is 0 Å². The van der Waals surface area contributed by atoms with Gasteiger partial charge >= 0.3 is 5.97 Å². The molecule has 4 amide bonds. The number of benzene rings is 1.